The average molecular weight is 636 g/mol. The summed E-state index contributed by atoms with van der Waals surface area (Å²) in [5.74, 6) is 0. The van der Waals surface area contributed by atoms with Gasteiger partial charge in [-0.25, -0.2) is 0 Å². The molecule has 0 aliphatic rings. The molecule has 0 bridgehead atoms. The van der Waals surface area contributed by atoms with Crippen molar-refractivity contribution in [2.45, 2.75) is 0 Å². The van der Waals surface area contributed by atoms with E-state index in [2.05, 4.69) is 94.1 Å². The normalized spacial score (nSPS) is 11.1. The molecule has 2 aromatic heterocycles. The number of hydrogen-bond donors (Lipinski definition) is 0. The highest BCUT2D eigenvalue weighted by molar-refractivity contribution is 6.12. The maximum atomic E-state index is 10.7. The first-order valence-corrected chi connectivity index (χ1v) is 16.3. The summed E-state index contributed by atoms with van der Waals surface area (Å²) in [6.07, 6.45) is 0. The lowest BCUT2D eigenvalue weighted by Crippen LogP contribution is -1.99. The van der Waals surface area contributed by atoms with Gasteiger partial charge in [0.1, 0.15) is 6.07 Å². The Morgan fingerprint density at radius 1 is 0.420 bits per heavy atom. The van der Waals surface area contributed by atoms with Crippen molar-refractivity contribution >= 4 is 43.6 Å². The van der Waals surface area contributed by atoms with Crippen LogP contribution < -0.4 is 0 Å². The second-order valence-corrected chi connectivity index (χ2v) is 12.3. The molecule has 7 aromatic carbocycles. The third kappa shape index (κ3) is 4.24. The molecule has 0 atom stereocenters. The van der Waals surface area contributed by atoms with Gasteiger partial charge in [-0.2, -0.15) is 15.8 Å². The van der Waals surface area contributed by atoms with Gasteiger partial charge in [0.25, 0.3) is 0 Å². The highest BCUT2D eigenvalue weighted by atomic mass is 15.0. The van der Waals surface area contributed by atoms with Crippen molar-refractivity contribution in [3.8, 4) is 51.8 Å². The van der Waals surface area contributed by atoms with Gasteiger partial charge in [0.05, 0.1) is 56.6 Å². The molecule has 0 unspecified atom stereocenters. The molecular formula is C45H25N5. The molecule has 0 spiro atoms. The van der Waals surface area contributed by atoms with Crippen LogP contribution in [0.1, 0.15) is 16.7 Å². The van der Waals surface area contributed by atoms with Gasteiger partial charge in [0.2, 0.25) is 0 Å². The first kappa shape index (κ1) is 28.8. The van der Waals surface area contributed by atoms with Gasteiger partial charge >= 0.3 is 0 Å². The monoisotopic (exact) mass is 635 g/mol. The average Bonchev–Trinajstić information content (AvgIpc) is 3.70. The Morgan fingerprint density at radius 3 is 1.84 bits per heavy atom. The predicted octanol–water partition coefficient (Wildman–Crippen LogP) is 10.8. The summed E-state index contributed by atoms with van der Waals surface area (Å²) in [6, 6.07) is 57.7. The predicted molar refractivity (Wildman–Crippen MR) is 200 cm³/mol. The summed E-state index contributed by atoms with van der Waals surface area (Å²) >= 11 is 0. The fourth-order valence-electron chi connectivity index (χ4n) is 7.52. The molecular weight excluding hydrogens is 611 g/mol. The minimum absolute atomic E-state index is 0.593. The zero-order chi connectivity index (χ0) is 33.8. The third-order valence-corrected chi connectivity index (χ3v) is 9.67. The molecule has 0 saturated carbocycles. The Kier molecular flexibility index (Phi) is 6.56. The van der Waals surface area contributed by atoms with Crippen LogP contribution in [0.5, 0.6) is 0 Å². The van der Waals surface area contributed by atoms with Crippen LogP contribution in [-0.2, 0) is 0 Å². The molecule has 230 valence electrons. The van der Waals surface area contributed by atoms with Gasteiger partial charge in [-0.3, -0.25) is 0 Å². The molecule has 50 heavy (non-hydrogen) atoms. The largest absolute Gasteiger partial charge is 0.309 e. The van der Waals surface area contributed by atoms with Gasteiger partial charge in [-0.1, -0.05) is 91.0 Å². The highest BCUT2D eigenvalue weighted by Crippen LogP contribution is 2.40. The van der Waals surface area contributed by atoms with Crippen LogP contribution in [0.2, 0.25) is 0 Å². The Balaban J connectivity index is 1.20. The molecule has 0 fully saturated rings. The number of nitrogens with zero attached hydrogens (tertiary/aromatic N) is 5. The second kappa shape index (κ2) is 11.4. The molecule has 0 amide bonds. The van der Waals surface area contributed by atoms with Crippen LogP contribution in [0.15, 0.2) is 152 Å². The summed E-state index contributed by atoms with van der Waals surface area (Å²) in [4.78, 5) is 0. The molecule has 2 heterocycles. The standard InChI is InChI=1S/C45H25N5/c46-26-29-19-24-43-38(25-29)36-11-2-5-16-41(36)50(43)40-15-4-1-10-35(40)34-14-8-13-33(39(34)28-48)30-20-22-32(23-21-30)49-42-17-6-3-12-37(42)45-31(27-47)9-7-18-44(45)49/h1-25H. The molecule has 5 heteroatoms. The van der Waals surface area contributed by atoms with Crippen molar-refractivity contribution in [1.82, 2.24) is 9.13 Å². The molecule has 0 aliphatic carbocycles. The van der Waals surface area contributed by atoms with Crippen molar-refractivity contribution in [3.63, 3.8) is 0 Å². The lowest BCUT2D eigenvalue weighted by molar-refractivity contribution is 1.18. The Hall–Kier alpha value is -7.39. The Bertz CT molecular complexity index is 2960. The molecule has 0 saturated heterocycles. The van der Waals surface area contributed by atoms with Crippen LogP contribution in [0.25, 0.3) is 77.2 Å². The number of hydrogen-bond acceptors (Lipinski definition) is 3. The van der Waals surface area contributed by atoms with Crippen LogP contribution in [0.3, 0.4) is 0 Å². The van der Waals surface area contributed by atoms with Crippen molar-refractivity contribution < 1.29 is 0 Å². The number of fused-ring (bicyclic) bond motifs is 6. The Morgan fingerprint density at radius 2 is 1.06 bits per heavy atom. The van der Waals surface area contributed by atoms with Crippen molar-refractivity contribution in [2.75, 3.05) is 0 Å². The highest BCUT2D eigenvalue weighted by Gasteiger charge is 2.20. The minimum Gasteiger partial charge on any atom is -0.309 e. The minimum atomic E-state index is 0.593. The van der Waals surface area contributed by atoms with Crippen molar-refractivity contribution in [2.24, 2.45) is 0 Å². The second-order valence-electron chi connectivity index (χ2n) is 12.3. The van der Waals surface area contributed by atoms with Crippen LogP contribution in [-0.4, -0.2) is 9.13 Å². The first-order chi connectivity index (χ1) is 24.7. The smallest absolute Gasteiger partial charge is 0.100 e. The van der Waals surface area contributed by atoms with Crippen molar-refractivity contribution in [3.05, 3.63) is 168 Å². The fraction of sp³-hybridized carbons (Fsp3) is 0. The Labute approximate surface area is 287 Å². The van der Waals surface area contributed by atoms with Gasteiger partial charge in [-0.15, -0.1) is 0 Å². The zero-order valence-electron chi connectivity index (χ0n) is 26.7. The SMILES string of the molecule is N#Cc1ccc2c(c1)c1ccccc1n2-c1ccccc1-c1cccc(-c2ccc(-n3c4ccccc4c4c(C#N)cccc43)cc2)c1C#N. The quantitative estimate of drug-likeness (QED) is 0.193. The molecule has 0 radical (unpaired) electrons. The van der Waals surface area contributed by atoms with Gasteiger partial charge in [0, 0.05) is 43.9 Å². The molecule has 0 aliphatic heterocycles. The van der Waals surface area contributed by atoms with Gasteiger partial charge < -0.3 is 9.13 Å². The summed E-state index contributed by atoms with van der Waals surface area (Å²) in [7, 11) is 0. The molecule has 5 nitrogen and oxygen atoms in total. The summed E-state index contributed by atoms with van der Waals surface area (Å²) in [6.45, 7) is 0. The number of para-hydroxylation sites is 3. The number of aromatic nitrogens is 2. The lowest BCUT2D eigenvalue weighted by Gasteiger charge is -2.17. The number of nitriles is 3. The topological polar surface area (TPSA) is 81.2 Å². The van der Waals surface area contributed by atoms with E-state index < -0.39 is 0 Å². The maximum Gasteiger partial charge on any atom is 0.100 e. The number of rotatable bonds is 4. The molecule has 9 aromatic rings. The van der Waals surface area contributed by atoms with Crippen LogP contribution >= 0.6 is 0 Å². The van der Waals surface area contributed by atoms with E-state index >= 15 is 0 Å². The van der Waals surface area contributed by atoms with Gasteiger partial charge in [0.15, 0.2) is 0 Å². The summed E-state index contributed by atoms with van der Waals surface area (Å²) < 4.78 is 4.42. The van der Waals surface area contributed by atoms with Crippen LogP contribution in [0, 0.1) is 34.0 Å². The fourth-order valence-corrected chi connectivity index (χ4v) is 7.52. The first-order valence-electron chi connectivity index (χ1n) is 16.3. The van der Waals surface area contributed by atoms with E-state index in [0.29, 0.717) is 16.7 Å². The van der Waals surface area contributed by atoms with E-state index in [0.717, 1.165) is 77.2 Å². The lowest BCUT2D eigenvalue weighted by atomic mass is 9.91. The van der Waals surface area contributed by atoms with E-state index in [-0.39, 0.29) is 0 Å². The summed E-state index contributed by atoms with van der Waals surface area (Å²) in [5, 5.41) is 34.3. The van der Waals surface area contributed by atoms with Crippen molar-refractivity contribution in [1.29, 1.82) is 15.8 Å². The zero-order valence-corrected chi connectivity index (χ0v) is 26.7. The maximum absolute atomic E-state index is 10.7. The molecule has 0 N–H and O–H groups in total. The number of benzene rings is 7. The van der Waals surface area contributed by atoms with E-state index in [4.69, 9.17) is 0 Å². The van der Waals surface area contributed by atoms with E-state index in [1.807, 2.05) is 84.9 Å². The van der Waals surface area contributed by atoms with Gasteiger partial charge in [-0.05, 0) is 66.2 Å². The molecule has 9 rings (SSSR count). The van der Waals surface area contributed by atoms with Crippen LogP contribution in [0.4, 0.5) is 0 Å². The van der Waals surface area contributed by atoms with E-state index in [9.17, 15) is 15.8 Å². The summed E-state index contributed by atoms with van der Waals surface area (Å²) in [5.41, 5.74) is 11.4. The van der Waals surface area contributed by atoms with E-state index in [1.54, 1.807) is 0 Å². The van der Waals surface area contributed by atoms with E-state index in [1.165, 1.54) is 0 Å². The third-order valence-electron chi connectivity index (χ3n) is 9.67.